The van der Waals surface area contributed by atoms with Crippen molar-refractivity contribution in [2.24, 2.45) is 17.6 Å². The first-order valence-corrected chi connectivity index (χ1v) is 8.38. The van der Waals surface area contributed by atoms with Crippen molar-refractivity contribution in [3.05, 3.63) is 17.3 Å². The second-order valence-electron chi connectivity index (χ2n) is 5.52. The van der Waals surface area contributed by atoms with Crippen LogP contribution < -0.4 is 11.5 Å². The predicted octanol–water partition coefficient (Wildman–Crippen LogP) is 1.10. The Morgan fingerprint density at radius 1 is 1.33 bits per heavy atom. The van der Waals surface area contributed by atoms with E-state index in [1.165, 1.54) is 16.6 Å². The molecule has 0 spiro atoms. The average Bonchev–Trinajstić information content (AvgIpc) is 2.95. The van der Waals surface area contributed by atoms with Gasteiger partial charge in [-0.15, -0.1) is 12.4 Å². The highest BCUT2D eigenvalue weighted by atomic mass is 35.5. The zero-order valence-electron chi connectivity index (χ0n) is 11.3. The van der Waals surface area contributed by atoms with Crippen LogP contribution in [-0.2, 0) is 10.0 Å². The quantitative estimate of drug-likeness (QED) is 0.829. The normalized spacial score (nSPS) is 29.1. The SMILES string of the molecule is Cl.Nc1ncc(Cl)cc1S(=O)(=O)N1CC2CCC(N)C2C1. The zero-order valence-corrected chi connectivity index (χ0v) is 13.7. The van der Waals surface area contributed by atoms with Gasteiger partial charge in [0.25, 0.3) is 0 Å². The lowest BCUT2D eigenvalue weighted by molar-refractivity contribution is 0.427. The lowest BCUT2D eigenvalue weighted by Crippen LogP contribution is -2.34. The van der Waals surface area contributed by atoms with Crippen LogP contribution in [0.1, 0.15) is 12.8 Å². The number of hydrogen-bond acceptors (Lipinski definition) is 5. The third kappa shape index (κ3) is 2.85. The molecule has 1 aliphatic heterocycles. The number of nitrogens with zero attached hydrogens (tertiary/aromatic N) is 2. The van der Waals surface area contributed by atoms with Crippen molar-refractivity contribution in [1.82, 2.24) is 9.29 Å². The Morgan fingerprint density at radius 3 is 2.71 bits per heavy atom. The van der Waals surface area contributed by atoms with E-state index in [2.05, 4.69) is 4.98 Å². The number of halogens is 2. The standard InChI is InChI=1S/C12H17ClN4O2S.ClH/c13-8-3-11(12(15)16-4-8)20(18,19)17-5-7-1-2-10(14)9(7)6-17;/h3-4,7,9-10H,1-2,5-6,14H2,(H2,15,16);1H. The lowest BCUT2D eigenvalue weighted by atomic mass is 9.98. The van der Waals surface area contributed by atoms with Crippen LogP contribution >= 0.6 is 24.0 Å². The van der Waals surface area contributed by atoms with E-state index in [0.717, 1.165) is 12.8 Å². The molecule has 0 bridgehead atoms. The van der Waals surface area contributed by atoms with Crippen LogP contribution in [0.4, 0.5) is 5.82 Å². The van der Waals surface area contributed by atoms with E-state index in [9.17, 15) is 8.42 Å². The van der Waals surface area contributed by atoms with Gasteiger partial charge in [0.1, 0.15) is 10.7 Å². The van der Waals surface area contributed by atoms with E-state index in [4.69, 9.17) is 23.1 Å². The van der Waals surface area contributed by atoms with Crippen LogP contribution in [0.15, 0.2) is 17.2 Å². The molecule has 1 saturated heterocycles. The highest BCUT2D eigenvalue weighted by Gasteiger charge is 2.45. The molecule has 1 aromatic rings. The maximum absolute atomic E-state index is 12.7. The monoisotopic (exact) mass is 352 g/mol. The van der Waals surface area contributed by atoms with Crippen molar-refractivity contribution in [3.8, 4) is 0 Å². The van der Waals surface area contributed by atoms with Crippen molar-refractivity contribution in [3.63, 3.8) is 0 Å². The summed E-state index contributed by atoms with van der Waals surface area (Å²) in [6.45, 7) is 0.965. The Bertz CT molecular complexity index is 640. The second kappa shape index (κ2) is 5.89. The molecule has 3 atom stereocenters. The maximum Gasteiger partial charge on any atom is 0.246 e. The van der Waals surface area contributed by atoms with E-state index in [0.29, 0.717) is 19.0 Å². The van der Waals surface area contributed by atoms with Gasteiger partial charge in [-0.05, 0) is 30.7 Å². The fourth-order valence-electron chi connectivity index (χ4n) is 3.24. The van der Waals surface area contributed by atoms with Crippen molar-refractivity contribution < 1.29 is 8.42 Å². The van der Waals surface area contributed by atoms with Crippen LogP contribution in [0.5, 0.6) is 0 Å². The Labute approximate surface area is 135 Å². The third-order valence-electron chi connectivity index (χ3n) is 4.35. The number of fused-ring (bicyclic) bond motifs is 1. The molecule has 21 heavy (non-hydrogen) atoms. The highest BCUT2D eigenvalue weighted by Crippen LogP contribution is 2.39. The number of pyridine rings is 1. The first-order valence-electron chi connectivity index (χ1n) is 6.56. The fourth-order valence-corrected chi connectivity index (χ4v) is 5.09. The molecule has 1 aliphatic carbocycles. The molecule has 0 aromatic carbocycles. The molecule has 9 heteroatoms. The van der Waals surface area contributed by atoms with E-state index < -0.39 is 10.0 Å². The number of nitrogen functional groups attached to an aromatic ring is 1. The maximum atomic E-state index is 12.7. The Balaban J connectivity index is 0.00000161. The molecular weight excluding hydrogens is 335 g/mol. The van der Waals surface area contributed by atoms with Gasteiger partial charge in [-0.2, -0.15) is 4.31 Å². The van der Waals surface area contributed by atoms with Gasteiger partial charge in [0.05, 0.1) is 5.02 Å². The third-order valence-corrected chi connectivity index (χ3v) is 6.41. The molecule has 3 rings (SSSR count). The molecule has 0 amide bonds. The fraction of sp³-hybridized carbons (Fsp3) is 0.583. The smallest absolute Gasteiger partial charge is 0.246 e. The summed E-state index contributed by atoms with van der Waals surface area (Å²) >= 11 is 5.83. The number of nitrogens with two attached hydrogens (primary N) is 2. The van der Waals surface area contributed by atoms with Gasteiger partial charge in [-0.25, -0.2) is 13.4 Å². The molecule has 2 fully saturated rings. The van der Waals surface area contributed by atoms with Gasteiger partial charge in [0, 0.05) is 25.3 Å². The lowest BCUT2D eigenvalue weighted by Gasteiger charge is -2.19. The van der Waals surface area contributed by atoms with E-state index >= 15 is 0 Å². The average molecular weight is 353 g/mol. The van der Waals surface area contributed by atoms with Gasteiger partial charge in [0.2, 0.25) is 10.0 Å². The molecule has 3 unspecified atom stereocenters. The first-order chi connectivity index (χ1) is 9.39. The van der Waals surface area contributed by atoms with E-state index in [1.807, 2.05) is 0 Å². The van der Waals surface area contributed by atoms with Gasteiger partial charge in [-0.1, -0.05) is 11.6 Å². The molecule has 118 valence electrons. The van der Waals surface area contributed by atoms with Gasteiger partial charge >= 0.3 is 0 Å². The molecule has 1 aromatic heterocycles. The molecule has 0 radical (unpaired) electrons. The van der Waals surface area contributed by atoms with Crippen molar-refractivity contribution >= 4 is 39.8 Å². The number of aromatic nitrogens is 1. The van der Waals surface area contributed by atoms with Gasteiger partial charge in [0.15, 0.2) is 0 Å². The Morgan fingerprint density at radius 2 is 2.05 bits per heavy atom. The van der Waals surface area contributed by atoms with Gasteiger partial charge < -0.3 is 11.5 Å². The Hall–Kier alpha value is -0.600. The van der Waals surface area contributed by atoms with Crippen molar-refractivity contribution in [2.75, 3.05) is 18.8 Å². The van der Waals surface area contributed by atoms with Crippen molar-refractivity contribution in [2.45, 2.75) is 23.8 Å². The summed E-state index contributed by atoms with van der Waals surface area (Å²) in [5.41, 5.74) is 11.7. The number of anilines is 1. The van der Waals surface area contributed by atoms with Crippen LogP contribution in [0, 0.1) is 11.8 Å². The Kier molecular flexibility index (Phi) is 4.70. The minimum absolute atomic E-state index is 0. The summed E-state index contributed by atoms with van der Waals surface area (Å²) in [5, 5.41) is 0.258. The molecule has 6 nitrogen and oxygen atoms in total. The molecule has 2 heterocycles. The van der Waals surface area contributed by atoms with Crippen LogP contribution in [0.3, 0.4) is 0 Å². The van der Waals surface area contributed by atoms with Crippen LogP contribution in [0.25, 0.3) is 0 Å². The molecule has 2 aliphatic rings. The summed E-state index contributed by atoms with van der Waals surface area (Å²) < 4.78 is 26.8. The van der Waals surface area contributed by atoms with E-state index in [1.54, 1.807) is 0 Å². The van der Waals surface area contributed by atoms with E-state index in [-0.39, 0.29) is 40.1 Å². The molecule has 1 saturated carbocycles. The number of rotatable bonds is 2. The van der Waals surface area contributed by atoms with Gasteiger partial charge in [-0.3, -0.25) is 0 Å². The first kappa shape index (κ1) is 16.8. The molecule has 4 N–H and O–H groups in total. The summed E-state index contributed by atoms with van der Waals surface area (Å²) in [6, 6.07) is 1.45. The summed E-state index contributed by atoms with van der Waals surface area (Å²) in [7, 11) is -3.65. The molecular formula is C12H18Cl2N4O2S. The minimum atomic E-state index is -3.65. The zero-order chi connectivity index (χ0) is 14.5. The largest absolute Gasteiger partial charge is 0.383 e. The minimum Gasteiger partial charge on any atom is -0.383 e. The number of hydrogen-bond donors (Lipinski definition) is 2. The van der Waals surface area contributed by atoms with Crippen LogP contribution in [-0.4, -0.2) is 36.8 Å². The van der Waals surface area contributed by atoms with Crippen LogP contribution in [0.2, 0.25) is 5.02 Å². The van der Waals surface area contributed by atoms with Crippen molar-refractivity contribution in [1.29, 1.82) is 0 Å². The second-order valence-corrected chi connectivity index (χ2v) is 7.87. The summed E-state index contributed by atoms with van der Waals surface area (Å²) in [6.07, 6.45) is 3.30. The summed E-state index contributed by atoms with van der Waals surface area (Å²) in [4.78, 5) is 3.80. The summed E-state index contributed by atoms with van der Waals surface area (Å²) in [5.74, 6) is 0.585. The topological polar surface area (TPSA) is 102 Å². The highest BCUT2D eigenvalue weighted by molar-refractivity contribution is 7.89. The number of sulfonamides is 1. The predicted molar refractivity (Wildman–Crippen MR) is 83.9 cm³/mol.